The molecule has 1 unspecified atom stereocenters. The van der Waals surface area contributed by atoms with Crippen LogP contribution in [0.1, 0.15) is 105 Å². The number of hydrogen-bond acceptors (Lipinski definition) is 2. The Kier molecular flexibility index (Phi) is 9.12. The van der Waals surface area contributed by atoms with E-state index < -0.39 is 0 Å². The average molecular weight is 323 g/mol. The Morgan fingerprint density at radius 1 is 1.00 bits per heavy atom. The number of unbranched alkanes of at least 4 members (excludes halogenated alkanes) is 7. The molecule has 0 amide bonds. The molecule has 0 aromatic carbocycles. The molecule has 0 radical (unpaired) electrons. The van der Waals surface area contributed by atoms with Crippen LogP contribution in [0.15, 0.2) is 11.1 Å². The summed E-state index contributed by atoms with van der Waals surface area (Å²) in [7, 11) is 0. The van der Waals surface area contributed by atoms with Crippen molar-refractivity contribution in [3.8, 4) is 0 Å². The number of aliphatic hydroxyl groups is 1. The number of hydrogen-bond donors (Lipinski definition) is 1. The predicted molar refractivity (Wildman–Crippen MR) is 98.6 cm³/mol. The van der Waals surface area contributed by atoms with Crippen LogP contribution in [0.2, 0.25) is 0 Å². The molecule has 0 aliphatic heterocycles. The van der Waals surface area contributed by atoms with Gasteiger partial charge in [0.05, 0.1) is 6.10 Å². The van der Waals surface area contributed by atoms with Gasteiger partial charge in [0.2, 0.25) is 0 Å². The molecule has 1 aliphatic rings. The zero-order chi connectivity index (χ0) is 17.3. The minimum atomic E-state index is -0.135. The summed E-state index contributed by atoms with van der Waals surface area (Å²) >= 11 is 0. The van der Waals surface area contributed by atoms with Crippen LogP contribution in [-0.4, -0.2) is 17.0 Å². The Hall–Kier alpha value is -0.630. The first-order valence-corrected chi connectivity index (χ1v) is 9.76. The number of ketones is 1. The third-order valence-corrected chi connectivity index (χ3v) is 5.46. The predicted octanol–water partition coefficient (Wildman–Crippen LogP) is 5.97. The monoisotopic (exact) mass is 322 g/mol. The van der Waals surface area contributed by atoms with Crippen molar-refractivity contribution >= 4 is 5.78 Å². The fourth-order valence-corrected chi connectivity index (χ4v) is 3.77. The quantitative estimate of drug-likeness (QED) is 0.475. The maximum atomic E-state index is 11.9. The Morgan fingerprint density at radius 3 is 2.09 bits per heavy atom. The summed E-state index contributed by atoms with van der Waals surface area (Å²) in [5.74, 6) is 0.372. The number of rotatable bonds is 11. The number of aliphatic hydroxyl groups excluding tert-OH is 1. The summed E-state index contributed by atoms with van der Waals surface area (Å²) < 4.78 is 0. The van der Waals surface area contributed by atoms with E-state index >= 15 is 0 Å². The van der Waals surface area contributed by atoms with Gasteiger partial charge in [-0.15, -0.1) is 0 Å². The first kappa shape index (κ1) is 20.4. The smallest absolute Gasteiger partial charge is 0.158 e. The average Bonchev–Trinajstić information content (AvgIpc) is 2.48. The van der Waals surface area contributed by atoms with Crippen molar-refractivity contribution in [2.24, 2.45) is 5.41 Å². The van der Waals surface area contributed by atoms with Crippen molar-refractivity contribution in [1.82, 2.24) is 0 Å². The summed E-state index contributed by atoms with van der Waals surface area (Å²) in [5, 5.41) is 9.21. The molecular formula is C21H38O2. The number of carbonyl (C=O) groups excluding carboxylic acids is 1. The van der Waals surface area contributed by atoms with Gasteiger partial charge < -0.3 is 5.11 Å². The molecule has 1 atom stereocenters. The molecule has 0 bridgehead atoms. The minimum absolute atomic E-state index is 0.135. The van der Waals surface area contributed by atoms with Crippen molar-refractivity contribution in [3.05, 3.63) is 11.1 Å². The fourth-order valence-electron chi connectivity index (χ4n) is 3.77. The second-order valence-electron chi connectivity index (χ2n) is 8.13. The Bertz CT molecular complexity index is 391. The van der Waals surface area contributed by atoms with E-state index in [1.165, 1.54) is 50.5 Å². The number of allylic oxidation sites excluding steroid dienone is 2. The van der Waals surface area contributed by atoms with Crippen molar-refractivity contribution in [2.45, 2.75) is 111 Å². The molecule has 0 aromatic heterocycles. The topological polar surface area (TPSA) is 37.3 Å². The lowest BCUT2D eigenvalue weighted by Gasteiger charge is -2.34. The van der Waals surface area contributed by atoms with Gasteiger partial charge in [-0.2, -0.15) is 0 Å². The Morgan fingerprint density at radius 2 is 1.52 bits per heavy atom. The lowest BCUT2D eigenvalue weighted by Crippen LogP contribution is -2.25. The second-order valence-corrected chi connectivity index (χ2v) is 8.13. The standard InChI is InChI=1S/C21H38O2/c1-17(22)13-11-9-7-5-6-8-10-12-14-19-18(2)20(23)15-16-21(19,3)4/h17,22H,5-16H2,1-4H3. The van der Waals surface area contributed by atoms with Crippen LogP contribution in [-0.2, 0) is 4.79 Å². The molecule has 0 saturated heterocycles. The van der Waals surface area contributed by atoms with Crippen LogP contribution in [0.5, 0.6) is 0 Å². The summed E-state index contributed by atoms with van der Waals surface area (Å²) in [6, 6.07) is 0. The molecule has 2 nitrogen and oxygen atoms in total. The zero-order valence-corrected chi connectivity index (χ0v) is 15.9. The van der Waals surface area contributed by atoms with Crippen LogP contribution in [0.25, 0.3) is 0 Å². The van der Waals surface area contributed by atoms with Gasteiger partial charge in [0.25, 0.3) is 0 Å². The van der Waals surface area contributed by atoms with E-state index in [1.54, 1.807) is 0 Å². The SMILES string of the molecule is CC1=C(CCCCCCCCCCC(C)O)C(C)(C)CCC1=O. The normalized spacial score (nSPS) is 19.3. The van der Waals surface area contributed by atoms with Gasteiger partial charge in [0.1, 0.15) is 0 Å². The largest absolute Gasteiger partial charge is 0.393 e. The highest BCUT2D eigenvalue weighted by molar-refractivity contribution is 5.96. The lowest BCUT2D eigenvalue weighted by molar-refractivity contribution is -0.116. The molecule has 1 rings (SSSR count). The van der Waals surface area contributed by atoms with Gasteiger partial charge in [-0.05, 0) is 50.5 Å². The molecule has 0 aromatic rings. The number of Topliss-reactive ketones (excluding diaryl/α,β-unsaturated/α-hetero) is 1. The molecule has 1 N–H and O–H groups in total. The van der Waals surface area contributed by atoms with Gasteiger partial charge in [-0.1, -0.05) is 64.4 Å². The number of carbonyl (C=O) groups is 1. The molecule has 0 spiro atoms. The van der Waals surface area contributed by atoms with Gasteiger partial charge in [0, 0.05) is 6.42 Å². The molecular weight excluding hydrogens is 284 g/mol. The molecule has 0 saturated carbocycles. The van der Waals surface area contributed by atoms with E-state index in [1.807, 2.05) is 13.8 Å². The highest BCUT2D eigenvalue weighted by atomic mass is 16.3. The molecule has 1 aliphatic carbocycles. The third kappa shape index (κ3) is 7.65. The summed E-state index contributed by atoms with van der Waals surface area (Å²) in [5.41, 5.74) is 2.70. The van der Waals surface area contributed by atoms with Gasteiger partial charge in [0.15, 0.2) is 5.78 Å². The van der Waals surface area contributed by atoms with Gasteiger partial charge in [-0.25, -0.2) is 0 Å². The van der Waals surface area contributed by atoms with Crippen molar-refractivity contribution in [1.29, 1.82) is 0 Å². The highest BCUT2D eigenvalue weighted by Gasteiger charge is 2.31. The maximum absolute atomic E-state index is 11.9. The van der Waals surface area contributed by atoms with E-state index in [2.05, 4.69) is 13.8 Å². The van der Waals surface area contributed by atoms with Crippen LogP contribution in [0, 0.1) is 5.41 Å². The third-order valence-electron chi connectivity index (χ3n) is 5.46. The zero-order valence-electron chi connectivity index (χ0n) is 15.9. The molecule has 0 heterocycles. The van der Waals surface area contributed by atoms with Crippen molar-refractivity contribution < 1.29 is 9.90 Å². The van der Waals surface area contributed by atoms with E-state index in [-0.39, 0.29) is 11.5 Å². The molecule has 23 heavy (non-hydrogen) atoms. The van der Waals surface area contributed by atoms with E-state index in [0.717, 1.165) is 37.7 Å². The maximum Gasteiger partial charge on any atom is 0.158 e. The van der Waals surface area contributed by atoms with Crippen LogP contribution in [0.4, 0.5) is 0 Å². The van der Waals surface area contributed by atoms with Crippen LogP contribution >= 0.6 is 0 Å². The molecule has 0 fully saturated rings. The molecule has 2 heteroatoms. The highest BCUT2D eigenvalue weighted by Crippen LogP contribution is 2.41. The first-order chi connectivity index (χ1) is 10.8. The summed E-state index contributed by atoms with van der Waals surface area (Å²) in [4.78, 5) is 11.9. The Labute approximate surface area is 143 Å². The summed E-state index contributed by atoms with van der Waals surface area (Å²) in [6.45, 7) is 8.50. The van der Waals surface area contributed by atoms with Crippen LogP contribution < -0.4 is 0 Å². The van der Waals surface area contributed by atoms with Gasteiger partial charge in [-0.3, -0.25) is 4.79 Å². The minimum Gasteiger partial charge on any atom is -0.393 e. The first-order valence-electron chi connectivity index (χ1n) is 9.76. The second kappa shape index (κ2) is 10.3. The van der Waals surface area contributed by atoms with Crippen molar-refractivity contribution in [2.75, 3.05) is 0 Å². The fraction of sp³-hybridized carbons (Fsp3) is 0.857. The van der Waals surface area contributed by atoms with Gasteiger partial charge >= 0.3 is 0 Å². The van der Waals surface area contributed by atoms with Crippen molar-refractivity contribution in [3.63, 3.8) is 0 Å². The Balaban J connectivity index is 2.11. The van der Waals surface area contributed by atoms with E-state index in [0.29, 0.717) is 5.78 Å². The summed E-state index contributed by atoms with van der Waals surface area (Å²) in [6.07, 6.45) is 13.9. The van der Waals surface area contributed by atoms with E-state index in [9.17, 15) is 9.90 Å². The molecule has 134 valence electrons. The lowest BCUT2D eigenvalue weighted by atomic mass is 9.70. The van der Waals surface area contributed by atoms with Crippen LogP contribution in [0.3, 0.4) is 0 Å². The van der Waals surface area contributed by atoms with E-state index in [4.69, 9.17) is 0 Å².